The molecule has 1 aromatic heterocycles. The largest absolute Gasteiger partial charge is 0.244 e. The lowest BCUT2D eigenvalue weighted by Crippen LogP contribution is -1.86. The summed E-state index contributed by atoms with van der Waals surface area (Å²) in [5, 5.41) is 2.58. The van der Waals surface area contributed by atoms with Crippen LogP contribution >= 0.6 is 11.3 Å². The molecule has 0 atom stereocenters. The number of hydrogen-bond acceptors (Lipinski definition) is 2. The highest BCUT2D eigenvalue weighted by Crippen LogP contribution is 2.25. The minimum absolute atomic E-state index is 0.169. The third kappa shape index (κ3) is 4.27. The average molecular weight is 253 g/mol. The molecule has 0 N–H and O–H groups in total. The Morgan fingerprint density at radius 3 is 2.29 bits per heavy atom. The van der Waals surface area contributed by atoms with Crippen molar-refractivity contribution in [2.45, 2.75) is 34.6 Å². The highest BCUT2D eigenvalue weighted by Gasteiger charge is 2.08. The normalized spacial score (nSPS) is 8.59. The summed E-state index contributed by atoms with van der Waals surface area (Å²) >= 11 is 1.45. The van der Waals surface area contributed by atoms with Crippen LogP contribution in [0.2, 0.25) is 0 Å². The zero-order valence-corrected chi connectivity index (χ0v) is 11.9. The minimum atomic E-state index is -0.169. The molecule has 0 radical (unpaired) electrons. The van der Waals surface area contributed by atoms with E-state index in [1.54, 1.807) is 25.3 Å². The molecule has 3 heteroatoms. The number of aromatic nitrogens is 1. The summed E-state index contributed by atoms with van der Waals surface area (Å²) in [6.45, 7) is 9.76. The molecule has 1 aromatic carbocycles. The quantitative estimate of drug-likeness (QED) is 0.671. The van der Waals surface area contributed by atoms with Crippen molar-refractivity contribution >= 4 is 11.3 Å². The maximum absolute atomic E-state index is 13.5. The Bertz CT molecular complexity index is 410. The van der Waals surface area contributed by atoms with Crippen LogP contribution in [0.3, 0.4) is 0 Å². The monoisotopic (exact) mass is 253 g/mol. The molecule has 0 aliphatic carbocycles. The van der Waals surface area contributed by atoms with Gasteiger partial charge < -0.3 is 0 Å². The standard InChI is InChI=1S/C10H8FNS.2C2H6/c1-7-3-2-4-8(9(7)11)10-12-5-6-13-10;2*1-2/h2-6H,1H3;2*1-2H3. The van der Waals surface area contributed by atoms with E-state index >= 15 is 0 Å². The molecule has 17 heavy (non-hydrogen) atoms. The van der Waals surface area contributed by atoms with Gasteiger partial charge in [0.15, 0.2) is 0 Å². The fourth-order valence-corrected chi connectivity index (χ4v) is 1.83. The maximum atomic E-state index is 13.5. The molecule has 2 rings (SSSR count). The second-order valence-electron chi connectivity index (χ2n) is 2.77. The van der Waals surface area contributed by atoms with Crippen LogP contribution in [-0.4, -0.2) is 4.98 Å². The average Bonchev–Trinajstić information content (AvgIpc) is 2.91. The third-order valence-electron chi connectivity index (χ3n) is 1.85. The molecule has 1 nitrogen and oxygen atoms in total. The van der Waals surface area contributed by atoms with Gasteiger partial charge in [-0.15, -0.1) is 11.3 Å². The van der Waals surface area contributed by atoms with E-state index in [-0.39, 0.29) is 5.82 Å². The molecule has 0 unspecified atom stereocenters. The molecule has 1 heterocycles. The molecule has 94 valence electrons. The van der Waals surface area contributed by atoms with E-state index in [0.29, 0.717) is 11.1 Å². The molecule has 0 spiro atoms. The van der Waals surface area contributed by atoms with Crippen LogP contribution in [0, 0.1) is 12.7 Å². The van der Waals surface area contributed by atoms with Gasteiger partial charge in [0.2, 0.25) is 0 Å². The summed E-state index contributed by atoms with van der Waals surface area (Å²) in [5.41, 5.74) is 1.25. The smallest absolute Gasteiger partial charge is 0.136 e. The van der Waals surface area contributed by atoms with Gasteiger partial charge in [0, 0.05) is 17.1 Å². The van der Waals surface area contributed by atoms with Gasteiger partial charge >= 0.3 is 0 Å². The molecule has 0 amide bonds. The van der Waals surface area contributed by atoms with Crippen LogP contribution in [0.1, 0.15) is 33.3 Å². The fraction of sp³-hybridized carbons (Fsp3) is 0.357. The lowest BCUT2D eigenvalue weighted by atomic mass is 10.1. The van der Waals surface area contributed by atoms with E-state index in [2.05, 4.69) is 4.98 Å². The van der Waals surface area contributed by atoms with Crippen molar-refractivity contribution in [2.75, 3.05) is 0 Å². The summed E-state index contributed by atoms with van der Waals surface area (Å²) in [5.74, 6) is -0.169. The van der Waals surface area contributed by atoms with Crippen molar-refractivity contribution in [3.8, 4) is 10.6 Å². The molecule has 0 bridgehead atoms. The van der Waals surface area contributed by atoms with Crippen molar-refractivity contribution in [3.63, 3.8) is 0 Å². The van der Waals surface area contributed by atoms with E-state index in [0.717, 1.165) is 5.01 Å². The van der Waals surface area contributed by atoms with Crippen LogP contribution in [0.25, 0.3) is 10.6 Å². The van der Waals surface area contributed by atoms with Gasteiger partial charge in [0.25, 0.3) is 0 Å². The van der Waals surface area contributed by atoms with Crippen LogP contribution in [0.15, 0.2) is 29.8 Å². The van der Waals surface area contributed by atoms with Gasteiger partial charge in [0.05, 0.1) is 0 Å². The number of nitrogens with zero attached hydrogens (tertiary/aromatic N) is 1. The SMILES string of the molecule is CC.CC.Cc1cccc(-c2nccs2)c1F. The Labute approximate surface area is 107 Å². The lowest BCUT2D eigenvalue weighted by Gasteiger charge is -2.00. The van der Waals surface area contributed by atoms with Crippen molar-refractivity contribution in [2.24, 2.45) is 0 Å². The number of thiazole rings is 1. The highest BCUT2D eigenvalue weighted by molar-refractivity contribution is 7.13. The predicted molar refractivity (Wildman–Crippen MR) is 74.9 cm³/mol. The van der Waals surface area contributed by atoms with Crippen molar-refractivity contribution < 1.29 is 4.39 Å². The number of aryl methyl sites for hydroxylation is 1. The van der Waals surface area contributed by atoms with Gasteiger partial charge in [0.1, 0.15) is 10.8 Å². The molecular formula is C14H20FNS. The third-order valence-corrected chi connectivity index (χ3v) is 2.66. The molecule has 0 saturated carbocycles. The van der Waals surface area contributed by atoms with Gasteiger partial charge in [-0.2, -0.15) is 0 Å². The Morgan fingerprint density at radius 2 is 1.76 bits per heavy atom. The summed E-state index contributed by atoms with van der Waals surface area (Å²) < 4.78 is 13.5. The molecule has 0 fully saturated rings. The first-order valence-corrected chi connectivity index (χ1v) is 6.82. The van der Waals surface area contributed by atoms with Crippen molar-refractivity contribution in [3.05, 3.63) is 41.2 Å². The van der Waals surface area contributed by atoms with E-state index in [9.17, 15) is 4.39 Å². The second-order valence-corrected chi connectivity index (χ2v) is 3.67. The van der Waals surface area contributed by atoms with Crippen LogP contribution < -0.4 is 0 Å². The molecular weight excluding hydrogens is 233 g/mol. The van der Waals surface area contributed by atoms with Gasteiger partial charge in [-0.05, 0) is 18.6 Å². The Kier molecular flexibility index (Phi) is 8.24. The Morgan fingerprint density at radius 1 is 1.12 bits per heavy atom. The van der Waals surface area contributed by atoms with Crippen molar-refractivity contribution in [1.82, 2.24) is 4.98 Å². The number of benzene rings is 1. The Balaban J connectivity index is 0.000000581. The summed E-state index contributed by atoms with van der Waals surface area (Å²) in [6, 6.07) is 5.35. The zero-order chi connectivity index (χ0) is 13.3. The Hall–Kier alpha value is -1.22. The van der Waals surface area contributed by atoms with E-state index in [4.69, 9.17) is 0 Å². The first kappa shape index (κ1) is 15.8. The maximum Gasteiger partial charge on any atom is 0.136 e. The predicted octanol–water partition coefficient (Wildman–Crippen LogP) is 5.31. The number of rotatable bonds is 1. The van der Waals surface area contributed by atoms with Gasteiger partial charge in [-0.1, -0.05) is 39.8 Å². The molecule has 0 saturated heterocycles. The van der Waals surface area contributed by atoms with Crippen LogP contribution in [-0.2, 0) is 0 Å². The molecule has 0 aliphatic rings. The lowest BCUT2D eigenvalue weighted by molar-refractivity contribution is 0.622. The van der Waals surface area contributed by atoms with E-state index < -0.39 is 0 Å². The topological polar surface area (TPSA) is 12.9 Å². The second kappa shape index (κ2) is 8.88. The summed E-state index contributed by atoms with van der Waals surface area (Å²) in [4.78, 5) is 4.07. The fourth-order valence-electron chi connectivity index (χ4n) is 1.17. The summed E-state index contributed by atoms with van der Waals surface area (Å²) in [6.07, 6.45) is 1.68. The first-order chi connectivity index (χ1) is 8.29. The molecule has 2 aromatic rings. The van der Waals surface area contributed by atoms with Crippen LogP contribution in [0.5, 0.6) is 0 Å². The zero-order valence-electron chi connectivity index (χ0n) is 11.1. The van der Waals surface area contributed by atoms with E-state index in [1.807, 2.05) is 39.1 Å². The van der Waals surface area contributed by atoms with Crippen LogP contribution in [0.4, 0.5) is 4.39 Å². The van der Waals surface area contributed by atoms with Gasteiger partial charge in [-0.25, -0.2) is 9.37 Å². The molecule has 0 aliphatic heterocycles. The number of halogens is 1. The van der Waals surface area contributed by atoms with Crippen molar-refractivity contribution in [1.29, 1.82) is 0 Å². The van der Waals surface area contributed by atoms with E-state index in [1.165, 1.54) is 11.3 Å². The first-order valence-electron chi connectivity index (χ1n) is 5.94. The minimum Gasteiger partial charge on any atom is -0.244 e. The highest BCUT2D eigenvalue weighted by atomic mass is 32.1. The summed E-state index contributed by atoms with van der Waals surface area (Å²) in [7, 11) is 0. The van der Waals surface area contributed by atoms with Gasteiger partial charge in [-0.3, -0.25) is 0 Å². The number of hydrogen-bond donors (Lipinski definition) is 0.